The number of rotatable bonds is 4. The predicted molar refractivity (Wildman–Crippen MR) is 86.3 cm³/mol. The van der Waals surface area contributed by atoms with Crippen LogP contribution < -0.4 is 0 Å². The normalized spacial score (nSPS) is 11.9. The van der Waals surface area contributed by atoms with E-state index in [1.54, 1.807) is 25.1 Å². The van der Waals surface area contributed by atoms with E-state index in [2.05, 4.69) is 5.10 Å². The molecule has 0 spiro atoms. The second-order valence-corrected chi connectivity index (χ2v) is 5.93. The molecule has 0 atom stereocenters. The van der Waals surface area contributed by atoms with Crippen molar-refractivity contribution in [3.05, 3.63) is 64.6 Å². The molecule has 0 saturated carbocycles. The molecule has 0 saturated heterocycles. The number of hydrogen-bond donors (Lipinski definition) is 1. The molecule has 3 rings (SSSR count). The summed E-state index contributed by atoms with van der Waals surface area (Å²) in [5.74, 6) is -2.00. The Morgan fingerprint density at radius 1 is 1.23 bits per heavy atom. The van der Waals surface area contributed by atoms with E-state index in [0.717, 1.165) is 18.2 Å². The van der Waals surface area contributed by atoms with Gasteiger partial charge >= 0.3 is 12.1 Å². The lowest BCUT2D eigenvalue weighted by Crippen LogP contribution is -2.14. The van der Waals surface area contributed by atoms with E-state index in [4.69, 9.17) is 5.11 Å². The van der Waals surface area contributed by atoms with E-state index >= 15 is 0 Å². The maximum Gasteiger partial charge on any atom is 0.416 e. The Bertz CT molecular complexity index is 993. The van der Waals surface area contributed by atoms with Gasteiger partial charge in [0.25, 0.3) is 0 Å². The smallest absolute Gasteiger partial charge is 0.416 e. The third-order valence-electron chi connectivity index (χ3n) is 4.09. The van der Waals surface area contributed by atoms with Crippen LogP contribution in [0, 0.1) is 12.7 Å². The first-order valence-corrected chi connectivity index (χ1v) is 7.69. The van der Waals surface area contributed by atoms with Gasteiger partial charge in [-0.3, -0.25) is 9.48 Å². The van der Waals surface area contributed by atoms with Crippen LogP contribution in [0.4, 0.5) is 17.6 Å². The maximum atomic E-state index is 14.1. The Balaban J connectivity index is 2.11. The lowest BCUT2D eigenvalue weighted by molar-refractivity contribution is -0.138. The summed E-state index contributed by atoms with van der Waals surface area (Å²) < 4.78 is 55.0. The van der Waals surface area contributed by atoms with E-state index in [1.807, 2.05) is 0 Å². The summed E-state index contributed by atoms with van der Waals surface area (Å²) in [5, 5.41) is 13.8. The Kier molecular flexibility index (Phi) is 4.43. The third kappa shape index (κ3) is 3.40. The first-order chi connectivity index (χ1) is 12.2. The molecule has 0 bridgehead atoms. The number of aryl methyl sites for hydroxylation is 1. The van der Waals surface area contributed by atoms with Crippen LogP contribution in [0.5, 0.6) is 0 Å². The maximum absolute atomic E-state index is 14.1. The molecular weight excluding hydrogens is 352 g/mol. The van der Waals surface area contributed by atoms with Crippen molar-refractivity contribution in [1.29, 1.82) is 0 Å². The molecule has 0 amide bonds. The molecule has 4 nitrogen and oxygen atoms in total. The number of carbonyl (C=O) groups is 1. The highest BCUT2D eigenvalue weighted by Gasteiger charge is 2.34. The highest BCUT2D eigenvalue weighted by molar-refractivity contribution is 5.83. The number of aromatic nitrogens is 2. The van der Waals surface area contributed by atoms with Crippen molar-refractivity contribution >= 4 is 16.9 Å². The Hall–Kier alpha value is -2.90. The number of aliphatic carboxylic acids is 1. The zero-order valence-electron chi connectivity index (χ0n) is 13.6. The minimum atomic E-state index is -4.69. The first kappa shape index (κ1) is 17.9. The number of alkyl halides is 3. The Morgan fingerprint density at radius 3 is 2.62 bits per heavy atom. The van der Waals surface area contributed by atoms with Crippen molar-refractivity contribution in [2.75, 3.05) is 0 Å². The van der Waals surface area contributed by atoms with Gasteiger partial charge in [-0.25, -0.2) is 4.39 Å². The minimum Gasteiger partial charge on any atom is -0.481 e. The third-order valence-corrected chi connectivity index (χ3v) is 4.09. The zero-order chi connectivity index (χ0) is 19.1. The Labute approximate surface area is 145 Å². The van der Waals surface area contributed by atoms with Gasteiger partial charge in [-0.1, -0.05) is 18.2 Å². The van der Waals surface area contributed by atoms with E-state index in [9.17, 15) is 22.4 Å². The summed E-state index contributed by atoms with van der Waals surface area (Å²) >= 11 is 0. The van der Waals surface area contributed by atoms with E-state index in [0.29, 0.717) is 22.2 Å². The minimum absolute atomic E-state index is 0.229. The average Bonchev–Trinajstić information content (AvgIpc) is 2.83. The van der Waals surface area contributed by atoms with Gasteiger partial charge in [-0.05, 0) is 30.7 Å². The fourth-order valence-electron chi connectivity index (χ4n) is 2.93. The topological polar surface area (TPSA) is 55.1 Å². The van der Waals surface area contributed by atoms with E-state index < -0.39 is 35.6 Å². The van der Waals surface area contributed by atoms with Gasteiger partial charge in [0.05, 0.1) is 29.7 Å². The summed E-state index contributed by atoms with van der Waals surface area (Å²) in [6, 6.07) is 7.65. The summed E-state index contributed by atoms with van der Waals surface area (Å²) in [4.78, 5) is 10.9. The molecule has 0 aliphatic heterocycles. The van der Waals surface area contributed by atoms with Gasteiger partial charge < -0.3 is 5.11 Å². The molecular formula is C18H14F4N2O2. The van der Waals surface area contributed by atoms with Gasteiger partial charge in [0.2, 0.25) is 0 Å². The molecule has 0 radical (unpaired) electrons. The van der Waals surface area contributed by atoms with Gasteiger partial charge in [-0.15, -0.1) is 0 Å². The molecule has 0 unspecified atom stereocenters. The van der Waals surface area contributed by atoms with Crippen molar-refractivity contribution in [3.63, 3.8) is 0 Å². The van der Waals surface area contributed by atoms with E-state index in [-0.39, 0.29) is 6.42 Å². The summed E-state index contributed by atoms with van der Waals surface area (Å²) in [6.45, 7) is 1.27. The highest BCUT2D eigenvalue weighted by Crippen LogP contribution is 2.34. The number of benzene rings is 2. The van der Waals surface area contributed by atoms with Crippen LogP contribution in [0.25, 0.3) is 10.9 Å². The standard InChI is InChI=1S/C18H14F4N2O2/c1-10-12-6-5-11(8-17(25)26)7-16(12)24(23-10)9-13-14(18(20,21)22)3-2-4-15(13)19/h2-7H,8-9H2,1H3,(H,25,26). The first-order valence-electron chi connectivity index (χ1n) is 7.69. The monoisotopic (exact) mass is 366 g/mol. The van der Waals surface area contributed by atoms with Crippen LogP contribution in [0.3, 0.4) is 0 Å². The lowest BCUT2D eigenvalue weighted by atomic mass is 10.1. The van der Waals surface area contributed by atoms with Crippen LogP contribution in [0.2, 0.25) is 0 Å². The van der Waals surface area contributed by atoms with Crippen molar-refractivity contribution in [3.8, 4) is 0 Å². The SMILES string of the molecule is Cc1nn(Cc2c(F)cccc2C(F)(F)F)c2cc(CC(=O)O)ccc12. The molecule has 1 aromatic heterocycles. The van der Waals surface area contributed by atoms with Gasteiger partial charge in [0, 0.05) is 10.9 Å². The van der Waals surface area contributed by atoms with Crippen molar-refractivity contribution in [1.82, 2.24) is 9.78 Å². The molecule has 0 aliphatic rings. The molecule has 136 valence electrons. The molecule has 26 heavy (non-hydrogen) atoms. The molecule has 0 aliphatic carbocycles. The number of fused-ring (bicyclic) bond motifs is 1. The fraction of sp³-hybridized carbons (Fsp3) is 0.222. The second kappa shape index (κ2) is 6.44. The number of halogens is 4. The molecule has 1 N–H and O–H groups in total. The van der Waals surface area contributed by atoms with Crippen molar-refractivity contribution < 1.29 is 27.5 Å². The summed E-state index contributed by atoms with van der Waals surface area (Å²) in [6.07, 6.45) is -4.92. The van der Waals surface area contributed by atoms with Crippen LogP contribution in [0.1, 0.15) is 22.4 Å². The Morgan fingerprint density at radius 2 is 1.96 bits per heavy atom. The van der Waals surface area contributed by atoms with Crippen LogP contribution in [0.15, 0.2) is 36.4 Å². The molecule has 1 heterocycles. The van der Waals surface area contributed by atoms with Crippen LogP contribution in [-0.2, 0) is 23.9 Å². The second-order valence-electron chi connectivity index (χ2n) is 5.93. The van der Waals surface area contributed by atoms with Crippen molar-refractivity contribution in [2.45, 2.75) is 26.1 Å². The molecule has 0 fully saturated rings. The van der Waals surface area contributed by atoms with Gasteiger partial charge in [0.1, 0.15) is 5.82 Å². The number of carboxylic acids is 1. The van der Waals surface area contributed by atoms with Gasteiger partial charge in [0.15, 0.2) is 0 Å². The fourth-order valence-corrected chi connectivity index (χ4v) is 2.93. The van der Waals surface area contributed by atoms with Crippen molar-refractivity contribution in [2.24, 2.45) is 0 Å². The molecule has 2 aromatic carbocycles. The quantitative estimate of drug-likeness (QED) is 0.705. The van der Waals surface area contributed by atoms with Crippen LogP contribution >= 0.6 is 0 Å². The van der Waals surface area contributed by atoms with E-state index in [1.165, 1.54) is 4.68 Å². The van der Waals surface area contributed by atoms with Crippen LogP contribution in [-0.4, -0.2) is 20.9 Å². The largest absolute Gasteiger partial charge is 0.481 e. The zero-order valence-corrected chi connectivity index (χ0v) is 13.6. The number of hydrogen-bond acceptors (Lipinski definition) is 2. The molecule has 8 heteroatoms. The summed E-state index contributed by atoms with van der Waals surface area (Å²) in [7, 11) is 0. The average molecular weight is 366 g/mol. The highest BCUT2D eigenvalue weighted by atomic mass is 19.4. The number of nitrogens with zero attached hydrogens (tertiary/aromatic N) is 2. The summed E-state index contributed by atoms with van der Waals surface area (Å²) in [5.41, 5.74) is -0.0614. The predicted octanol–water partition coefficient (Wildman–Crippen LogP) is 4.18. The lowest BCUT2D eigenvalue weighted by Gasteiger charge is -2.14. The molecule has 3 aromatic rings. The van der Waals surface area contributed by atoms with Gasteiger partial charge in [-0.2, -0.15) is 18.3 Å². The number of carboxylic acid groups (broad SMARTS) is 1.